The Morgan fingerprint density at radius 2 is 1.75 bits per heavy atom. The highest BCUT2D eigenvalue weighted by molar-refractivity contribution is 6.43. The number of hydrogen-bond donors (Lipinski definition) is 0. The Bertz CT molecular complexity index is 491. The van der Waals surface area contributed by atoms with E-state index in [-0.39, 0.29) is 0 Å². The Morgan fingerprint density at radius 1 is 1.12 bits per heavy atom. The fourth-order valence-corrected chi connectivity index (χ4v) is 1.91. The lowest BCUT2D eigenvalue weighted by molar-refractivity contribution is 0.642. The van der Waals surface area contributed by atoms with Gasteiger partial charge in [-0.3, -0.25) is 0 Å². The van der Waals surface area contributed by atoms with Crippen molar-refractivity contribution >= 4 is 23.2 Å². The molecule has 0 unspecified atom stereocenters. The Kier molecular flexibility index (Phi) is 3.08. The molecule has 3 nitrogen and oxygen atoms in total. The van der Waals surface area contributed by atoms with Crippen molar-refractivity contribution in [3.63, 3.8) is 0 Å². The quantitative estimate of drug-likeness (QED) is 0.823. The molecule has 0 N–H and O–H groups in total. The first-order chi connectivity index (χ1) is 7.61. The van der Waals surface area contributed by atoms with Crippen LogP contribution in [0.1, 0.15) is 0 Å². The van der Waals surface area contributed by atoms with E-state index in [0.29, 0.717) is 15.9 Å². The van der Waals surface area contributed by atoms with Gasteiger partial charge < -0.3 is 5.01 Å². The van der Waals surface area contributed by atoms with Crippen LogP contribution in [0.25, 0.3) is 11.3 Å². The van der Waals surface area contributed by atoms with E-state index >= 15 is 0 Å². The molecule has 2 rings (SSSR count). The average molecular weight is 256 g/mol. The lowest BCUT2D eigenvalue weighted by Gasteiger charge is -2.12. The fourth-order valence-electron chi connectivity index (χ4n) is 1.41. The Balaban J connectivity index is 2.55. The number of benzene rings is 1. The molecule has 1 aromatic carbocycles. The minimum absolute atomic E-state index is 0.422. The van der Waals surface area contributed by atoms with Crippen LogP contribution in [0, 0.1) is 0 Å². The van der Waals surface area contributed by atoms with Crippen molar-refractivity contribution in [3.05, 3.63) is 40.5 Å². The van der Waals surface area contributed by atoms with Crippen molar-refractivity contribution in [2.75, 3.05) is 19.1 Å². The molecule has 0 aliphatic carbocycles. The van der Waals surface area contributed by atoms with Crippen LogP contribution in [0.5, 0.6) is 0 Å². The summed E-state index contributed by atoms with van der Waals surface area (Å²) in [5.74, 6) is 0. The van der Waals surface area contributed by atoms with Gasteiger partial charge in [-0.25, -0.2) is 0 Å². The van der Waals surface area contributed by atoms with Gasteiger partial charge in [0.15, 0.2) is 5.15 Å². The molecule has 2 aromatic rings. The monoisotopic (exact) mass is 255 g/mol. The first-order valence-corrected chi connectivity index (χ1v) is 5.54. The van der Waals surface area contributed by atoms with Crippen molar-refractivity contribution in [2.24, 2.45) is 0 Å². The number of aromatic nitrogens is 2. The van der Waals surface area contributed by atoms with Gasteiger partial charge in [0.1, 0.15) is 10.7 Å². The van der Waals surface area contributed by atoms with Gasteiger partial charge in [0, 0.05) is 19.7 Å². The fraction of sp³-hybridized carbons (Fsp3) is 0.182. The zero-order valence-electron chi connectivity index (χ0n) is 8.98. The molecule has 84 valence electrons. The summed E-state index contributed by atoms with van der Waals surface area (Å²) in [6.45, 7) is 0. The van der Waals surface area contributed by atoms with Crippen LogP contribution in [-0.2, 0) is 0 Å². The smallest absolute Gasteiger partial charge is 0.170 e. The zero-order valence-corrected chi connectivity index (χ0v) is 10.5. The van der Waals surface area contributed by atoms with Gasteiger partial charge in [-0.15, -0.1) is 5.10 Å². The molecule has 5 heteroatoms. The lowest BCUT2D eigenvalue weighted by atomic mass is 10.2. The molecule has 16 heavy (non-hydrogen) atoms. The summed E-state index contributed by atoms with van der Waals surface area (Å²) in [5.41, 5.74) is 1.65. The minimum atomic E-state index is 0.422. The summed E-state index contributed by atoms with van der Waals surface area (Å²) in [6.07, 6.45) is 0. The highest BCUT2D eigenvalue weighted by atomic mass is 35.5. The Labute approximate surface area is 104 Å². The summed E-state index contributed by atoms with van der Waals surface area (Å²) < 4.78 is 0. The molecule has 0 amide bonds. The van der Waals surface area contributed by atoms with E-state index in [1.807, 2.05) is 44.4 Å². The molecule has 1 aromatic heterocycles. The minimum Gasteiger partial charge on any atom is -0.302 e. The van der Waals surface area contributed by atoms with Gasteiger partial charge in [-0.05, 0) is 0 Å². The molecule has 0 atom stereocenters. The van der Waals surface area contributed by atoms with Crippen LogP contribution >= 0.6 is 23.2 Å². The number of rotatable bonds is 2. The van der Waals surface area contributed by atoms with Crippen molar-refractivity contribution in [1.29, 1.82) is 0 Å². The van der Waals surface area contributed by atoms with E-state index in [2.05, 4.69) is 5.10 Å². The van der Waals surface area contributed by atoms with E-state index in [1.54, 1.807) is 9.80 Å². The Hall–Kier alpha value is -1.19. The molecule has 1 heterocycles. The lowest BCUT2D eigenvalue weighted by Crippen LogP contribution is -2.26. The molecule has 0 aliphatic rings. The molecule has 0 bridgehead atoms. The molecule has 0 radical (unpaired) electrons. The molecular formula is C11H11Cl2N3. The molecule has 0 aliphatic heterocycles. The topological polar surface area (TPSA) is 21.1 Å². The third-order valence-electron chi connectivity index (χ3n) is 2.19. The van der Waals surface area contributed by atoms with Gasteiger partial charge in [-0.2, -0.15) is 4.79 Å². The number of halogens is 2. The van der Waals surface area contributed by atoms with Crippen molar-refractivity contribution in [3.8, 4) is 11.3 Å². The first kappa shape index (κ1) is 11.3. The van der Waals surface area contributed by atoms with Crippen LogP contribution in [0.2, 0.25) is 10.2 Å². The van der Waals surface area contributed by atoms with Crippen molar-refractivity contribution in [2.45, 2.75) is 0 Å². The second-order valence-corrected chi connectivity index (χ2v) is 4.29. The van der Waals surface area contributed by atoms with Crippen molar-refractivity contribution < 1.29 is 0 Å². The second-order valence-electron chi connectivity index (χ2n) is 3.56. The normalized spacial score (nSPS) is 10.5. The van der Waals surface area contributed by atoms with Crippen LogP contribution in [0.15, 0.2) is 30.3 Å². The van der Waals surface area contributed by atoms with Crippen LogP contribution in [0.3, 0.4) is 0 Å². The average Bonchev–Trinajstić information content (AvgIpc) is 2.58. The van der Waals surface area contributed by atoms with E-state index in [0.717, 1.165) is 5.56 Å². The van der Waals surface area contributed by atoms with Gasteiger partial charge in [0.2, 0.25) is 0 Å². The summed E-state index contributed by atoms with van der Waals surface area (Å²) in [5, 5.41) is 7.02. The van der Waals surface area contributed by atoms with Crippen LogP contribution < -0.4 is 5.01 Å². The highest BCUT2D eigenvalue weighted by Gasteiger charge is 2.16. The maximum atomic E-state index is 6.15. The highest BCUT2D eigenvalue weighted by Crippen LogP contribution is 2.32. The number of nitrogens with zero attached hydrogens (tertiary/aromatic N) is 3. The molecule has 0 saturated heterocycles. The van der Waals surface area contributed by atoms with Gasteiger partial charge in [0.05, 0.1) is 0 Å². The van der Waals surface area contributed by atoms with Gasteiger partial charge in [0.25, 0.3) is 0 Å². The first-order valence-electron chi connectivity index (χ1n) is 4.78. The van der Waals surface area contributed by atoms with Crippen LogP contribution in [-0.4, -0.2) is 24.0 Å². The second kappa shape index (κ2) is 4.36. The third kappa shape index (κ3) is 1.88. The van der Waals surface area contributed by atoms with Crippen LogP contribution in [0.4, 0.5) is 0 Å². The largest absolute Gasteiger partial charge is 0.302 e. The third-order valence-corrected chi connectivity index (χ3v) is 2.98. The molecule has 0 fully saturated rings. The Morgan fingerprint density at radius 3 is 2.25 bits per heavy atom. The van der Waals surface area contributed by atoms with Crippen molar-refractivity contribution in [1.82, 2.24) is 9.89 Å². The van der Waals surface area contributed by atoms with Gasteiger partial charge in [-0.1, -0.05) is 53.5 Å². The maximum absolute atomic E-state index is 6.15. The molecule has 0 saturated carbocycles. The van der Waals surface area contributed by atoms with E-state index < -0.39 is 0 Å². The predicted octanol–water partition coefficient (Wildman–Crippen LogP) is 3.05. The molecular weight excluding hydrogens is 245 g/mol. The zero-order chi connectivity index (χ0) is 11.7. The van der Waals surface area contributed by atoms with Gasteiger partial charge >= 0.3 is 0 Å². The van der Waals surface area contributed by atoms with E-state index in [1.165, 1.54) is 0 Å². The summed E-state index contributed by atoms with van der Waals surface area (Å²) in [4.78, 5) is 1.56. The number of hydrogen-bond acceptors (Lipinski definition) is 2. The SMILES string of the molecule is CN(C)n1nc(-c2ccccc2)c(Cl)c1Cl. The summed E-state index contributed by atoms with van der Waals surface area (Å²) in [7, 11) is 3.70. The summed E-state index contributed by atoms with van der Waals surface area (Å²) >= 11 is 12.2. The van der Waals surface area contributed by atoms with E-state index in [4.69, 9.17) is 23.2 Å². The van der Waals surface area contributed by atoms with E-state index in [9.17, 15) is 0 Å². The molecule has 0 spiro atoms. The maximum Gasteiger partial charge on any atom is 0.170 e. The standard InChI is InChI=1S/C11H11Cl2N3/c1-15(2)16-11(13)9(12)10(14-16)8-6-4-3-5-7-8/h3-7H,1-2H3. The predicted molar refractivity (Wildman–Crippen MR) is 67.7 cm³/mol. The summed E-state index contributed by atoms with van der Waals surface area (Å²) in [6, 6.07) is 9.72.